The van der Waals surface area contributed by atoms with E-state index in [1.807, 2.05) is 0 Å². The predicted molar refractivity (Wildman–Crippen MR) is 138 cm³/mol. The third kappa shape index (κ3) is 4.78. The molecule has 0 unspecified atom stereocenters. The Kier molecular flexibility index (Phi) is 6.61. The van der Waals surface area contributed by atoms with Crippen LogP contribution < -0.4 is 4.74 Å². The number of aromatic carboxylic acids is 1. The van der Waals surface area contributed by atoms with Crippen molar-refractivity contribution < 1.29 is 28.3 Å². The SMILES string of the molecule is O=C(O)c1ccc(F)c(OCC23CCC(OCc4c(-c5c(Cl)cncc5Cl)noc4C4CC4)(CC2)CC3)c1. The van der Waals surface area contributed by atoms with Crippen LogP contribution in [0.1, 0.15) is 79.0 Å². The molecule has 0 radical (unpaired) electrons. The van der Waals surface area contributed by atoms with E-state index in [9.17, 15) is 14.3 Å². The van der Waals surface area contributed by atoms with Gasteiger partial charge in [-0.25, -0.2) is 9.18 Å². The molecule has 0 saturated heterocycles. The lowest BCUT2D eigenvalue weighted by atomic mass is 9.59. The van der Waals surface area contributed by atoms with Gasteiger partial charge in [-0.15, -0.1) is 0 Å². The van der Waals surface area contributed by atoms with Gasteiger partial charge in [0.25, 0.3) is 0 Å². The quantitative estimate of drug-likeness (QED) is 0.290. The largest absolute Gasteiger partial charge is 0.490 e. The van der Waals surface area contributed by atoms with E-state index in [1.54, 1.807) is 12.4 Å². The molecule has 4 aliphatic carbocycles. The molecule has 10 heteroatoms. The maximum absolute atomic E-state index is 14.2. The molecule has 4 saturated carbocycles. The first-order valence-electron chi connectivity index (χ1n) is 12.9. The van der Waals surface area contributed by atoms with Gasteiger partial charge in [0.2, 0.25) is 0 Å². The highest BCUT2D eigenvalue weighted by Gasteiger charge is 2.50. The number of aromatic nitrogens is 2. The van der Waals surface area contributed by atoms with Gasteiger partial charge in [-0.05, 0) is 69.6 Å². The van der Waals surface area contributed by atoms with Crippen LogP contribution >= 0.6 is 23.2 Å². The van der Waals surface area contributed by atoms with Crippen LogP contribution in [0.5, 0.6) is 5.75 Å². The molecule has 4 aliphatic rings. The molecule has 38 heavy (non-hydrogen) atoms. The van der Waals surface area contributed by atoms with Crippen LogP contribution in [0.2, 0.25) is 10.0 Å². The fraction of sp³-hybridized carbons (Fsp3) is 0.464. The average molecular weight is 561 g/mol. The lowest BCUT2D eigenvalue weighted by Gasteiger charge is -2.52. The summed E-state index contributed by atoms with van der Waals surface area (Å²) in [7, 11) is 0. The van der Waals surface area contributed by atoms with Crippen molar-refractivity contribution in [1.82, 2.24) is 10.1 Å². The number of halogens is 3. The Bertz CT molecular complexity index is 1340. The molecule has 2 heterocycles. The fourth-order valence-electron chi connectivity index (χ4n) is 5.83. The number of ether oxygens (including phenoxy) is 2. The van der Waals surface area contributed by atoms with Crippen LogP contribution in [0.15, 0.2) is 35.1 Å². The number of hydrogen-bond donors (Lipinski definition) is 1. The molecule has 3 aromatic rings. The standard InChI is InChI=1S/C28H27Cl2FN2O5/c29-19-12-32-13-20(30)23(19)24-18(25(38-33-24)16-1-2-16)14-37-28-8-5-27(6-9-28,7-10-28)15-36-22-11-17(26(34)35)3-4-21(22)31/h3-4,11-13,16H,1-2,5-10,14-15H2,(H,34,35). The number of benzene rings is 1. The van der Waals surface area contributed by atoms with Gasteiger partial charge < -0.3 is 19.1 Å². The van der Waals surface area contributed by atoms with E-state index in [0.717, 1.165) is 68.8 Å². The minimum atomic E-state index is -1.11. The molecule has 2 bridgehead atoms. The Morgan fingerprint density at radius 2 is 1.79 bits per heavy atom. The first-order chi connectivity index (χ1) is 18.3. The Morgan fingerprint density at radius 3 is 2.42 bits per heavy atom. The summed E-state index contributed by atoms with van der Waals surface area (Å²) >= 11 is 12.9. The lowest BCUT2D eigenvalue weighted by molar-refractivity contribution is -0.150. The molecule has 0 aliphatic heterocycles. The molecule has 1 N–H and O–H groups in total. The van der Waals surface area contributed by atoms with E-state index in [4.69, 9.17) is 37.2 Å². The van der Waals surface area contributed by atoms with E-state index < -0.39 is 11.8 Å². The summed E-state index contributed by atoms with van der Waals surface area (Å²) in [5, 5.41) is 14.4. The molecule has 4 fully saturated rings. The number of rotatable bonds is 9. The van der Waals surface area contributed by atoms with Crippen molar-refractivity contribution in [2.45, 2.75) is 69.5 Å². The third-order valence-corrected chi connectivity index (χ3v) is 9.00. The Labute approximate surface area is 229 Å². The number of pyridine rings is 1. The highest BCUT2D eigenvalue weighted by Crippen LogP contribution is 2.55. The van der Waals surface area contributed by atoms with Crippen LogP contribution in [-0.4, -0.2) is 33.4 Å². The smallest absolute Gasteiger partial charge is 0.335 e. The van der Waals surface area contributed by atoms with Crippen molar-refractivity contribution in [2.75, 3.05) is 6.61 Å². The normalized spacial score (nSPS) is 24.5. The Hall–Kier alpha value is -2.68. The van der Waals surface area contributed by atoms with Gasteiger partial charge in [0.05, 0.1) is 34.4 Å². The number of carboxylic acids is 1. The van der Waals surface area contributed by atoms with E-state index in [-0.39, 0.29) is 22.3 Å². The van der Waals surface area contributed by atoms with Gasteiger partial charge in [-0.2, -0.15) is 0 Å². The molecule has 7 rings (SSSR count). The molecule has 0 amide bonds. The van der Waals surface area contributed by atoms with Gasteiger partial charge in [0, 0.05) is 34.9 Å². The summed E-state index contributed by atoms with van der Waals surface area (Å²) in [5.41, 5.74) is 1.80. The second-order valence-corrected chi connectivity index (χ2v) is 11.7. The number of carboxylic acid groups (broad SMARTS) is 1. The Morgan fingerprint density at radius 1 is 1.11 bits per heavy atom. The highest BCUT2D eigenvalue weighted by atomic mass is 35.5. The van der Waals surface area contributed by atoms with Gasteiger partial charge in [0.15, 0.2) is 11.6 Å². The van der Waals surface area contributed by atoms with E-state index >= 15 is 0 Å². The summed E-state index contributed by atoms with van der Waals surface area (Å²) in [6.07, 6.45) is 10.5. The zero-order valence-corrected chi connectivity index (χ0v) is 22.2. The summed E-state index contributed by atoms with van der Waals surface area (Å²) in [6, 6.07) is 3.63. The minimum absolute atomic E-state index is 0.00613. The van der Waals surface area contributed by atoms with Crippen molar-refractivity contribution in [3.05, 3.63) is 63.3 Å². The van der Waals surface area contributed by atoms with Crippen molar-refractivity contribution >= 4 is 29.2 Å². The first kappa shape index (κ1) is 25.6. The Balaban J connectivity index is 1.14. The number of hydrogen-bond acceptors (Lipinski definition) is 6. The monoisotopic (exact) mass is 560 g/mol. The molecular weight excluding hydrogens is 534 g/mol. The van der Waals surface area contributed by atoms with Gasteiger partial charge in [-0.3, -0.25) is 4.98 Å². The maximum Gasteiger partial charge on any atom is 0.335 e. The maximum atomic E-state index is 14.2. The average Bonchev–Trinajstić information content (AvgIpc) is 3.68. The summed E-state index contributed by atoms with van der Waals surface area (Å²) < 4.78 is 32.5. The predicted octanol–water partition coefficient (Wildman–Crippen LogP) is 7.45. The van der Waals surface area contributed by atoms with Gasteiger partial charge in [-0.1, -0.05) is 28.4 Å². The zero-order valence-electron chi connectivity index (χ0n) is 20.6. The van der Waals surface area contributed by atoms with E-state index in [0.29, 0.717) is 40.4 Å². The van der Waals surface area contributed by atoms with Gasteiger partial charge >= 0.3 is 5.97 Å². The molecule has 2 aromatic heterocycles. The molecule has 0 atom stereocenters. The number of nitrogens with zero attached hydrogens (tertiary/aromatic N) is 2. The number of fused-ring (bicyclic) bond motifs is 3. The van der Waals surface area contributed by atoms with Crippen molar-refractivity contribution in [1.29, 1.82) is 0 Å². The van der Waals surface area contributed by atoms with Crippen molar-refractivity contribution in [3.63, 3.8) is 0 Å². The van der Waals surface area contributed by atoms with Crippen molar-refractivity contribution in [2.24, 2.45) is 5.41 Å². The highest BCUT2D eigenvalue weighted by molar-refractivity contribution is 6.38. The van der Waals surface area contributed by atoms with Crippen LogP contribution in [0, 0.1) is 11.2 Å². The minimum Gasteiger partial charge on any atom is -0.490 e. The second-order valence-electron chi connectivity index (χ2n) is 10.8. The van der Waals surface area contributed by atoms with Crippen LogP contribution in [-0.2, 0) is 11.3 Å². The summed E-state index contributed by atoms with van der Waals surface area (Å²) in [5.74, 6) is -0.491. The zero-order chi connectivity index (χ0) is 26.5. The van der Waals surface area contributed by atoms with E-state index in [1.165, 1.54) is 12.1 Å². The van der Waals surface area contributed by atoms with E-state index in [2.05, 4.69) is 10.1 Å². The van der Waals surface area contributed by atoms with Crippen LogP contribution in [0.3, 0.4) is 0 Å². The second kappa shape index (κ2) is 9.81. The lowest BCUT2D eigenvalue weighted by Crippen LogP contribution is -2.49. The molecule has 1 aromatic carbocycles. The van der Waals surface area contributed by atoms with Crippen molar-refractivity contribution in [3.8, 4) is 17.0 Å². The summed E-state index contributed by atoms with van der Waals surface area (Å²) in [4.78, 5) is 15.3. The molecular formula is C28H27Cl2FN2O5. The topological polar surface area (TPSA) is 94.7 Å². The molecule has 0 spiro atoms. The van der Waals surface area contributed by atoms with Gasteiger partial charge in [0.1, 0.15) is 11.5 Å². The first-order valence-corrected chi connectivity index (χ1v) is 13.6. The van der Waals surface area contributed by atoms with Crippen LogP contribution in [0.25, 0.3) is 11.3 Å². The molecule has 200 valence electrons. The number of carbonyl (C=O) groups is 1. The fourth-order valence-corrected chi connectivity index (χ4v) is 6.37. The molecule has 7 nitrogen and oxygen atoms in total. The van der Waals surface area contributed by atoms with Crippen LogP contribution in [0.4, 0.5) is 4.39 Å². The summed E-state index contributed by atoms with van der Waals surface area (Å²) in [6.45, 7) is 0.708. The third-order valence-electron chi connectivity index (χ3n) is 8.42.